The smallest absolute Gasteiger partial charge is 0.134 e. The minimum atomic E-state index is 0.150. The van der Waals surface area contributed by atoms with Gasteiger partial charge in [0.15, 0.2) is 0 Å². The Morgan fingerprint density at radius 1 is 0.595 bits per heavy atom. The summed E-state index contributed by atoms with van der Waals surface area (Å²) in [6.45, 7) is 2.28. The number of phenolic OH excluding ortho intramolecular Hbond substituents is 2. The quantitative estimate of drug-likeness (QED) is 0.188. The second-order valence-corrected chi connectivity index (χ2v) is 9.63. The Bertz CT molecular complexity index is 1200. The van der Waals surface area contributed by atoms with E-state index in [1.54, 1.807) is 26.4 Å². The van der Waals surface area contributed by atoms with Crippen LogP contribution >= 0.6 is 11.8 Å². The lowest BCUT2D eigenvalue weighted by molar-refractivity contribution is 0.404. The Kier molecular flexibility index (Phi) is 9.32. The number of aromatic hydroxyl groups is 2. The highest BCUT2D eigenvalue weighted by Gasteiger charge is 2.17. The van der Waals surface area contributed by atoms with Gasteiger partial charge in [0.05, 0.1) is 24.0 Å². The number of hydrogen-bond acceptors (Lipinski definition) is 7. The predicted octanol–water partition coefficient (Wildman–Crippen LogP) is 5.85. The maximum atomic E-state index is 11.1. The van der Waals surface area contributed by atoms with E-state index in [0.29, 0.717) is 58.6 Å². The molecule has 0 aliphatic carbocycles. The standard InChI is InChI=1S/C30H32N2O4S/c1-35-25-13-23(19-31-17-21-9-5-3-6-10-21)29(33)27(15-25)37-28-16-26(36-2)14-24(30(28)34)20-32-18-22-11-7-4-8-12-22/h3-16,31-34H,17-20H2,1-2H3. The molecule has 4 N–H and O–H groups in total. The first-order chi connectivity index (χ1) is 18.1. The highest BCUT2D eigenvalue weighted by atomic mass is 32.2. The zero-order valence-corrected chi connectivity index (χ0v) is 21.8. The van der Waals surface area contributed by atoms with Crippen molar-refractivity contribution in [2.45, 2.75) is 36.0 Å². The van der Waals surface area contributed by atoms with E-state index >= 15 is 0 Å². The van der Waals surface area contributed by atoms with Crippen molar-refractivity contribution in [3.8, 4) is 23.0 Å². The third-order valence-corrected chi connectivity index (χ3v) is 6.98. The van der Waals surface area contributed by atoms with Crippen LogP contribution in [-0.2, 0) is 26.2 Å². The molecule has 0 atom stereocenters. The second kappa shape index (κ2) is 13.1. The molecular formula is C30H32N2O4S. The molecule has 0 amide bonds. The third kappa shape index (κ3) is 7.20. The van der Waals surface area contributed by atoms with Crippen LogP contribution in [0, 0.1) is 0 Å². The summed E-state index contributed by atoms with van der Waals surface area (Å²) in [5.74, 6) is 1.56. The Balaban J connectivity index is 1.52. The highest BCUT2D eigenvalue weighted by Crippen LogP contribution is 2.44. The van der Waals surface area contributed by atoms with Crippen LogP contribution in [0.5, 0.6) is 23.0 Å². The fraction of sp³-hybridized carbons (Fsp3) is 0.200. The topological polar surface area (TPSA) is 83.0 Å². The Morgan fingerprint density at radius 2 is 1.00 bits per heavy atom. The second-order valence-electron chi connectivity index (χ2n) is 8.55. The average molecular weight is 517 g/mol. The van der Waals surface area contributed by atoms with E-state index in [-0.39, 0.29) is 11.5 Å². The van der Waals surface area contributed by atoms with Crippen LogP contribution in [0.1, 0.15) is 22.3 Å². The maximum Gasteiger partial charge on any atom is 0.134 e. The summed E-state index contributed by atoms with van der Waals surface area (Å²) in [5, 5.41) is 28.9. The van der Waals surface area contributed by atoms with Gasteiger partial charge in [0, 0.05) is 37.3 Å². The van der Waals surface area contributed by atoms with Crippen molar-refractivity contribution in [1.82, 2.24) is 10.6 Å². The SMILES string of the molecule is COc1cc(CNCc2ccccc2)c(O)c(Sc2cc(OC)cc(CNCc3ccccc3)c2O)c1. The molecule has 0 spiro atoms. The van der Waals surface area contributed by atoms with Gasteiger partial charge >= 0.3 is 0 Å². The molecule has 4 aromatic rings. The molecule has 6 nitrogen and oxygen atoms in total. The summed E-state index contributed by atoms with van der Waals surface area (Å²) in [5.41, 5.74) is 3.75. The molecule has 0 heterocycles. The molecule has 7 heteroatoms. The molecule has 0 unspecified atom stereocenters. The molecular weight excluding hydrogens is 484 g/mol. The van der Waals surface area contributed by atoms with E-state index in [2.05, 4.69) is 34.9 Å². The number of phenols is 2. The number of benzene rings is 4. The molecule has 37 heavy (non-hydrogen) atoms. The van der Waals surface area contributed by atoms with Crippen LogP contribution in [0.25, 0.3) is 0 Å². The average Bonchev–Trinajstić information content (AvgIpc) is 2.93. The van der Waals surface area contributed by atoms with Gasteiger partial charge in [-0.15, -0.1) is 0 Å². The summed E-state index contributed by atoms with van der Waals surface area (Å²) < 4.78 is 11.0. The van der Waals surface area contributed by atoms with Gasteiger partial charge in [0.2, 0.25) is 0 Å². The maximum absolute atomic E-state index is 11.1. The van der Waals surface area contributed by atoms with E-state index < -0.39 is 0 Å². The molecule has 0 saturated carbocycles. The number of methoxy groups -OCH3 is 2. The summed E-state index contributed by atoms with van der Waals surface area (Å²) >= 11 is 1.27. The van der Waals surface area contributed by atoms with E-state index in [1.807, 2.05) is 48.5 Å². The van der Waals surface area contributed by atoms with Crippen LogP contribution in [0.3, 0.4) is 0 Å². The highest BCUT2D eigenvalue weighted by molar-refractivity contribution is 7.99. The molecule has 0 aliphatic rings. The number of hydrogen-bond donors (Lipinski definition) is 4. The van der Waals surface area contributed by atoms with Crippen LogP contribution in [0.4, 0.5) is 0 Å². The van der Waals surface area contributed by atoms with Crippen LogP contribution in [-0.4, -0.2) is 24.4 Å². The van der Waals surface area contributed by atoms with Crippen molar-refractivity contribution in [1.29, 1.82) is 0 Å². The molecule has 192 valence electrons. The van der Waals surface area contributed by atoms with Gasteiger partial charge in [0.1, 0.15) is 23.0 Å². The minimum absolute atomic E-state index is 0.150. The van der Waals surface area contributed by atoms with Gasteiger partial charge in [-0.2, -0.15) is 0 Å². The fourth-order valence-electron chi connectivity index (χ4n) is 3.93. The largest absolute Gasteiger partial charge is 0.506 e. The molecule has 4 aromatic carbocycles. The van der Waals surface area contributed by atoms with Gasteiger partial charge in [-0.1, -0.05) is 72.4 Å². The predicted molar refractivity (Wildman–Crippen MR) is 147 cm³/mol. The first-order valence-electron chi connectivity index (χ1n) is 12.0. The van der Waals surface area contributed by atoms with Crippen molar-refractivity contribution in [3.05, 3.63) is 107 Å². The van der Waals surface area contributed by atoms with Crippen molar-refractivity contribution in [2.24, 2.45) is 0 Å². The van der Waals surface area contributed by atoms with Gasteiger partial charge in [-0.25, -0.2) is 0 Å². The zero-order valence-electron chi connectivity index (χ0n) is 21.0. The van der Waals surface area contributed by atoms with Crippen molar-refractivity contribution < 1.29 is 19.7 Å². The van der Waals surface area contributed by atoms with Crippen LogP contribution in [0.2, 0.25) is 0 Å². The lowest BCUT2D eigenvalue weighted by Gasteiger charge is -2.16. The number of ether oxygens (including phenoxy) is 2. The first kappa shape index (κ1) is 26.4. The molecule has 0 fully saturated rings. The van der Waals surface area contributed by atoms with Crippen molar-refractivity contribution in [3.63, 3.8) is 0 Å². The molecule has 0 bridgehead atoms. The third-order valence-electron chi connectivity index (χ3n) is 5.92. The van der Waals surface area contributed by atoms with E-state index in [1.165, 1.54) is 11.8 Å². The molecule has 0 saturated heterocycles. The number of nitrogens with one attached hydrogen (secondary N) is 2. The van der Waals surface area contributed by atoms with E-state index in [0.717, 1.165) is 11.1 Å². The first-order valence-corrected chi connectivity index (χ1v) is 12.9. The Hall–Kier alpha value is -3.65. The van der Waals surface area contributed by atoms with Gasteiger partial charge < -0.3 is 30.3 Å². The fourth-order valence-corrected chi connectivity index (χ4v) is 4.97. The molecule has 0 aromatic heterocycles. The normalized spacial score (nSPS) is 10.9. The summed E-state index contributed by atoms with van der Waals surface area (Å²) in [4.78, 5) is 1.17. The Morgan fingerprint density at radius 3 is 1.38 bits per heavy atom. The van der Waals surface area contributed by atoms with Gasteiger partial charge in [0.25, 0.3) is 0 Å². The van der Waals surface area contributed by atoms with Crippen LogP contribution in [0.15, 0.2) is 94.7 Å². The summed E-state index contributed by atoms with van der Waals surface area (Å²) in [6.07, 6.45) is 0. The monoisotopic (exact) mass is 516 g/mol. The zero-order chi connectivity index (χ0) is 26.0. The molecule has 4 rings (SSSR count). The minimum Gasteiger partial charge on any atom is -0.506 e. The van der Waals surface area contributed by atoms with E-state index in [9.17, 15) is 10.2 Å². The Labute approximate surface area is 222 Å². The lowest BCUT2D eigenvalue weighted by Crippen LogP contribution is -2.13. The molecule has 0 radical (unpaired) electrons. The molecule has 0 aliphatic heterocycles. The van der Waals surface area contributed by atoms with Crippen molar-refractivity contribution >= 4 is 11.8 Å². The van der Waals surface area contributed by atoms with Gasteiger partial charge in [-0.05, 0) is 35.4 Å². The summed E-state index contributed by atoms with van der Waals surface area (Å²) in [6, 6.07) is 27.4. The number of rotatable bonds is 12. The van der Waals surface area contributed by atoms with Crippen molar-refractivity contribution in [2.75, 3.05) is 14.2 Å². The summed E-state index contributed by atoms with van der Waals surface area (Å²) in [7, 11) is 3.20. The van der Waals surface area contributed by atoms with E-state index in [4.69, 9.17) is 9.47 Å². The van der Waals surface area contributed by atoms with Crippen LogP contribution < -0.4 is 20.1 Å². The van der Waals surface area contributed by atoms with Gasteiger partial charge in [-0.3, -0.25) is 0 Å². The lowest BCUT2D eigenvalue weighted by atomic mass is 10.1.